The molecular weight excluding hydrogens is 450 g/mol. The van der Waals surface area contributed by atoms with Gasteiger partial charge >= 0.3 is 5.97 Å². The first-order valence-corrected chi connectivity index (χ1v) is 11.3. The van der Waals surface area contributed by atoms with E-state index in [4.69, 9.17) is 20.9 Å². The number of benzene rings is 1. The molecule has 164 valence electrons. The van der Waals surface area contributed by atoms with Crippen molar-refractivity contribution in [3.05, 3.63) is 69.7 Å². The minimum absolute atomic E-state index is 0.138. The molecule has 4 rings (SSSR count). The van der Waals surface area contributed by atoms with Crippen LogP contribution >= 0.6 is 22.9 Å². The topological polar surface area (TPSA) is 94.3 Å². The number of hydrogen-bond acceptors (Lipinski definition) is 7. The molecule has 3 heterocycles. The first-order valence-electron chi connectivity index (χ1n) is 10.0. The number of amides is 1. The number of aromatic nitrogens is 2. The summed E-state index contributed by atoms with van der Waals surface area (Å²) < 4.78 is 10.7. The Morgan fingerprint density at radius 3 is 2.84 bits per heavy atom. The fourth-order valence-corrected chi connectivity index (χ4v) is 4.11. The van der Waals surface area contributed by atoms with Gasteiger partial charge < -0.3 is 14.6 Å². The van der Waals surface area contributed by atoms with Gasteiger partial charge in [-0.15, -0.1) is 11.3 Å². The van der Waals surface area contributed by atoms with Gasteiger partial charge in [0.2, 0.25) is 5.91 Å². The van der Waals surface area contributed by atoms with Crippen LogP contribution in [0.4, 0.5) is 0 Å². The number of esters is 1. The maximum atomic E-state index is 12.8. The van der Waals surface area contributed by atoms with Crippen molar-refractivity contribution in [2.75, 3.05) is 13.2 Å². The quantitative estimate of drug-likeness (QED) is 0.293. The lowest BCUT2D eigenvalue weighted by atomic mass is 10.1. The van der Waals surface area contributed by atoms with Crippen LogP contribution in [0.1, 0.15) is 28.0 Å². The van der Waals surface area contributed by atoms with Gasteiger partial charge in [-0.05, 0) is 42.5 Å². The second-order valence-electron chi connectivity index (χ2n) is 7.09. The number of halogens is 1. The molecule has 1 N–H and O–H groups in total. The van der Waals surface area contributed by atoms with Crippen LogP contribution in [-0.4, -0.2) is 35.2 Å². The third-order valence-corrected chi connectivity index (χ3v) is 6.06. The zero-order chi connectivity index (χ0) is 22.5. The Balaban J connectivity index is 1.34. The van der Waals surface area contributed by atoms with Gasteiger partial charge in [0.15, 0.2) is 0 Å². The first kappa shape index (κ1) is 22.0. The highest BCUT2D eigenvalue weighted by Gasteiger charge is 2.20. The van der Waals surface area contributed by atoms with E-state index in [-0.39, 0.29) is 18.9 Å². The lowest BCUT2D eigenvalue weighted by Crippen LogP contribution is -2.27. The number of pyridine rings is 1. The van der Waals surface area contributed by atoms with E-state index in [1.807, 2.05) is 35.7 Å². The van der Waals surface area contributed by atoms with E-state index in [0.717, 1.165) is 10.4 Å². The maximum absolute atomic E-state index is 12.8. The number of carbonyl (C=O) groups excluding carboxylic acids is 2. The molecule has 1 aromatic carbocycles. The van der Waals surface area contributed by atoms with Gasteiger partial charge in [-0.3, -0.25) is 4.79 Å². The molecule has 0 aliphatic heterocycles. The number of ether oxygens (including phenoxy) is 1. The van der Waals surface area contributed by atoms with Crippen molar-refractivity contribution in [1.29, 1.82) is 0 Å². The summed E-state index contributed by atoms with van der Waals surface area (Å²) in [6, 6.07) is 12.8. The molecule has 0 atom stereocenters. The van der Waals surface area contributed by atoms with E-state index in [0.29, 0.717) is 46.0 Å². The van der Waals surface area contributed by atoms with Gasteiger partial charge in [0, 0.05) is 11.6 Å². The Labute approximate surface area is 193 Å². The molecule has 0 spiro atoms. The molecule has 4 aromatic rings. The molecule has 1 amide bonds. The number of fused-ring (bicyclic) bond motifs is 1. The van der Waals surface area contributed by atoms with E-state index < -0.39 is 5.97 Å². The van der Waals surface area contributed by atoms with Crippen molar-refractivity contribution in [3.8, 4) is 10.6 Å². The molecule has 9 heteroatoms. The lowest BCUT2D eigenvalue weighted by Gasteiger charge is -2.09. The fourth-order valence-electron chi connectivity index (χ4n) is 3.23. The molecule has 7 nitrogen and oxygen atoms in total. The number of thiophene rings is 1. The van der Waals surface area contributed by atoms with Gasteiger partial charge in [-0.25, -0.2) is 9.78 Å². The molecule has 0 aliphatic carbocycles. The largest absolute Gasteiger partial charge is 0.462 e. The minimum Gasteiger partial charge on any atom is -0.462 e. The SMILES string of the molecule is Cc1noc2nc(-c3cccs3)cc(C(=O)OCCCNC(=O)Cc3ccccc3Cl)c12. The summed E-state index contributed by atoms with van der Waals surface area (Å²) >= 11 is 7.60. The zero-order valence-corrected chi connectivity index (χ0v) is 18.8. The van der Waals surface area contributed by atoms with Crippen LogP contribution in [0, 0.1) is 6.92 Å². The van der Waals surface area contributed by atoms with Crippen LogP contribution < -0.4 is 5.32 Å². The smallest absolute Gasteiger partial charge is 0.339 e. The second kappa shape index (κ2) is 9.93. The van der Waals surface area contributed by atoms with Gasteiger partial charge in [0.1, 0.15) is 0 Å². The Kier molecular flexibility index (Phi) is 6.82. The summed E-state index contributed by atoms with van der Waals surface area (Å²) in [6.45, 7) is 2.30. The molecule has 0 saturated heterocycles. The predicted molar refractivity (Wildman–Crippen MR) is 123 cm³/mol. The van der Waals surface area contributed by atoms with Gasteiger partial charge in [0.05, 0.1) is 40.2 Å². The van der Waals surface area contributed by atoms with Crippen molar-refractivity contribution in [2.45, 2.75) is 19.8 Å². The van der Waals surface area contributed by atoms with E-state index in [1.54, 1.807) is 19.1 Å². The average Bonchev–Trinajstić information content (AvgIpc) is 3.45. The van der Waals surface area contributed by atoms with E-state index in [2.05, 4.69) is 15.5 Å². The van der Waals surface area contributed by atoms with Crippen LogP contribution in [0.5, 0.6) is 0 Å². The maximum Gasteiger partial charge on any atom is 0.339 e. The monoisotopic (exact) mass is 469 g/mol. The van der Waals surface area contributed by atoms with E-state index in [9.17, 15) is 9.59 Å². The van der Waals surface area contributed by atoms with E-state index in [1.165, 1.54) is 11.3 Å². The lowest BCUT2D eigenvalue weighted by molar-refractivity contribution is -0.120. The molecule has 0 fully saturated rings. The minimum atomic E-state index is -0.482. The van der Waals surface area contributed by atoms with E-state index >= 15 is 0 Å². The van der Waals surface area contributed by atoms with Gasteiger partial charge in [0.25, 0.3) is 5.71 Å². The summed E-state index contributed by atoms with van der Waals surface area (Å²) in [5, 5.41) is 9.79. The number of hydrogen-bond donors (Lipinski definition) is 1. The predicted octanol–water partition coefficient (Wildman–Crippen LogP) is 4.82. The van der Waals surface area contributed by atoms with Crippen LogP contribution in [0.3, 0.4) is 0 Å². The van der Waals surface area contributed by atoms with Crippen molar-refractivity contribution in [2.24, 2.45) is 0 Å². The van der Waals surface area contributed by atoms with Crippen molar-refractivity contribution in [3.63, 3.8) is 0 Å². The Morgan fingerprint density at radius 2 is 2.06 bits per heavy atom. The zero-order valence-electron chi connectivity index (χ0n) is 17.3. The number of carbonyl (C=O) groups is 2. The fraction of sp³-hybridized carbons (Fsp3) is 0.217. The van der Waals surface area contributed by atoms with Crippen LogP contribution in [-0.2, 0) is 16.0 Å². The number of aryl methyl sites for hydroxylation is 1. The molecule has 0 saturated carbocycles. The van der Waals surface area contributed by atoms with Gasteiger partial charge in [-0.2, -0.15) is 0 Å². The standard InChI is InChI=1S/C23H20ClN3O4S/c1-14-21-16(13-18(19-8-4-11-32-19)26-22(21)31-27-14)23(29)30-10-5-9-25-20(28)12-15-6-2-3-7-17(15)24/h2-4,6-8,11,13H,5,9-10,12H2,1H3,(H,25,28). The molecule has 0 bridgehead atoms. The number of rotatable bonds is 8. The summed E-state index contributed by atoms with van der Waals surface area (Å²) in [4.78, 5) is 30.3. The molecule has 0 radical (unpaired) electrons. The highest BCUT2D eigenvalue weighted by atomic mass is 35.5. The van der Waals surface area contributed by atoms with Gasteiger partial charge in [-0.1, -0.05) is 41.0 Å². The molecular formula is C23H20ClN3O4S. The number of nitrogens with zero attached hydrogens (tertiary/aromatic N) is 2. The molecule has 0 aliphatic rings. The normalized spacial score (nSPS) is 10.9. The highest BCUT2D eigenvalue weighted by molar-refractivity contribution is 7.13. The van der Waals surface area contributed by atoms with Crippen molar-refractivity contribution < 1.29 is 18.8 Å². The second-order valence-corrected chi connectivity index (χ2v) is 8.44. The summed E-state index contributed by atoms with van der Waals surface area (Å²) in [5.74, 6) is -0.621. The molecule has 32 heavy (non-hydrogen) atoms. The highest BCUT2D eigenvalue weighted by Crippen LogP contribution is 2.29. The summed E-state index contributed by atoms with van der Waals surface area (Å²) in [6.07, 6.45) is 0.682. The third-order valence-electron chi connectivity index (χ3n) is 4.80. The Bertz CT molecular complexity index is 1250. The summed E-state index contributed by atoms with van der Waals surface area (Å²) in [7, 11) is 0. The Morgan fingerprint density at radius 1 is 1.22 bits per heavy atom. The van der Waals surface area contributed by atoms with Crippen LogP contribution in [0.15, 0.2) is 52.4 Å². The molecule has 3 aromatic heterocycles. The average molecular weight is 470 g/mol. The Hall–Kier alpha value is -3.23. The molecule has 0 unspecified atom stereocenters. The van der Waals surface area contributed by atoms with Crippen LogP contribution in [0.2, 0.25) is 5.02 Å². The number of nitrogens with one attached hydrogen (secondary N) is 1. The van der Waals surface area contributed by atoms with Crippen LogP contribution in [0.25, 0.3) is 21.7 Å². The van der Waals surface area contributed by atoms with Crippen molar-refractivity contribution >= 4 is 45.9 Å². The summed E-state index contributed by atoms with van der Waals surface area (Å²) in [5.41, 5.74) is 2.63. The third kappa shape index (κ3) is 4.98. The first-order chi connectivity index (χ1) is 15.5. The van der Waals surface area contributed by atoms with Crippen molar-refractivity contribution in [1.82, 2.24) is 15.5 Å².